The van der Waals surface area contributed by atoms with Crippen LogP contribution in [0.3, 0.4) is 0 Å². The lowest BCUT2D eigenvalue weighted by molar-refractivity contribution is -0.135. The Bertz CT molecular complexity index is 480. The highest BCUT2D eigenvalue weighted by Crippen LogP contribution is 2.22. The standard InChI is InChI=1S/C17H30N4O3/c1-13(2)10-21-11-14(9-16(21)23)17(24)20-6-4-5-19(7-8-20)12-15(22)18-3/h13-14H,4-12H2,1-3H3,(H,18,22). The van der Waals surface area contributed by atoms with Crippen molar-refractivity contribution in [2.45, 2.75) is 26.7 Å². The van der Waals surface area contributed by atoms with Crippen LogP contribution in [0.5, 0.6) is 0 Å². The lowest BCUT2D eigenvalue weighted by Crippen LogP contribution is -2.41. The van der Waals surface area contributed by atoms with Gasteiger partial charge in [0, 0.05) is 52.7 Å². The zero-order valence-electron chi connectivity index (χ0n) is 15.1. The molecule has 2 rings (SSSR count). The van der Waals surface area contributed by atoms with E-state index in [0.717, 1.165) is 19.5 Å². The van der Waals surface area contributed by atoms with Crippen LogP contribution in [0.25, 0.3) is 0 Å². The number of rotatable bonds is 5. The summed E-state index contributed by atoms with van der Waals surface area (Å²) in [6.45, 7) is 8.68. The van der Waals surface area contributed by atoms with Crippen LogP contribution in [0.2, 0.25) is 0 Å². The normalized spacial score (nSPS) is 22.8. The third-order valence-corrected chi connectivity index (χ3v) is 4.70. The number of likely N-dealkylation sites (tertiary alicyclic amines) is 1. The van der Waals surface area contributed by atoms with Crippen LogP contribution in [0, 0.1) is 11.8 Å². The minimum absolute atomic E-state index is 0.000457. The Hall–Kier alpha value is -1.63. The molecule has 1 atom stereocenters. The van der Waals surface area contributed by atoms with Gasteiger partial charge in [0.25, 0.3) is 0 Å². The van der Waals surface area contributed by atoms with Gasteiger partial charge < -0.3 is 15.1 Å². The fourth-order valence-corrected chi connectivity index (χ4v) is 3.44. The number of hydrogen-bond donors (Lipinski definition) is 1. The van der Waals surface area contributed by atoms with Crippen molar-refractivity contribution in [3.63, 3.8) is 0 Å². The van der Waals surface area contributed by atoms with E-state index in [4.69, 9.17) is 0 Å². The van der Waals surface area contributed by atoms with Crippen molar-refractivity contribution in [2.24, 2.45) is 11.8 Å². The van der Waals surface area contributed by atoms with Crippen molar-refractivity contribution in [1.29, 1.82) is 0 Å². The third-order valence-electron chi connectivity index (χ3n) is 4.70. The average Bonchev–Trinajstić information content (AvgIpc) is 2.74. The zero-order valence-corrected chi connectivity index (χ0v) is 15.1. The number of amides is 3. The van der Waals surface area contributed by atoms with Crippen molar-refractivity contribution < 1.29 is 14.4 Å². The van der Waals surface area contributed by atoms with Gasteiger partial charge in [0.05, 0.1) is 12.5 Å². The molecule has 3 amide bonds. The van der Waals surface area contributed by atoms with Gasteiger partial charge in [-0.3, -0.25) is 19.3 Å². The molecule has 0 spiro atoms. The molecule has 2 heterocycles. The Morgan fingerprint density at radius 2 is 1.96 bits per heavy atom. The summed E-state index contributed by atoms with van der Waals surface area (Å²) in [5.74, 6) is 0.399. The SMILES string of the molecule is CNC(=O)CN1CCCN(C(=O)C2CC(=O)N(CC(C)C)C2)CC1. The highest BCUT2D eigenvalue weighted by atomic mass is 16.2. The van der Waals surface area contributed by atoms with Gasteiger partial charge in [0.15, 0.2) is 0 Å². The van der Waals surface area contributed by atoms with Gasteiger partial charge >= 0.3 is 0 Å². The summed E-state index contributed by atoms with van der Waals surface area (Å²) in [4.78, 5) is 42.1. The maximum absolute atomic E-state index is 12.8. The Morgan fingerprint density at radius 1 is 1.21 bits per heavy atom. The van der Waals surface area contributed by atoms with Crippen LogP contribution in [0.1, 0.15) is 26.7 Å². The Morgan fingerprint density at radius 3 is 2.62 bits per heavy atom. The predicted octanol–water partition coefficient (Wildman–Crippen LogP) is -0.229. The summed E-state index contributed by atoms with van der Waals surface area (Å²) in [5.41, 5.74) is 0. The van der Waals surface area contributed by atoms with Crippen LogP contribution in [-0.4, -0.2) is 85.3 Å². The van der Waals surface area contributed by atoms with Gasteiger partial charge in [-0.2, -0.15) is 0 Å². The molecule has 7 nitrogen and oxygen atoms in total. The van der Waals surface area contributed by atoms with E-state index in [0.29, 0.717) is 45.1 Å². The first kappa shape index (κ1) is 18.7. The molecule has 0 aliphatic carbocycles. The molecule has 0 bridgehead atoms. The Balaban J connectivity index is 1.87. The molecule has 24 heavy (non-hydrogen) atoms. The molecule has 0 radical (unpaired) electrons. The number of nitrogens with zero attached hydrogens (tertiary/aromatic N) is 3. The molecule has 0 aromatic carbocycles. The molecule has 0 aromatic rings. The minimum atomic E-state index is -0.207. The largest absolute Gasteiger partial charge is 0.358 e. The van der Waals surface area contributed by atoms with Crippen LogP contribution in [-0.2, 0) is 14.4 Å². The van der Waals surface area contributed by atoms with Gasteiger partial charge in [-0.1, -0.05) is 13.8 Å². The topological polar surface area (TPSA) is 73.0 Å². The van der Waals surface area contributed by atoms with Crippen molar-refractivity contribution in [3.8, 4) is 0 Å². The van der Waals surface area contributed by atoms with Gasteiger partial charge in [0.1, 0.15) is 0 Å². The van der Waals surface area contributed by atoms with E-state index < -0.39 is 0 Å². The predicted molar refractivity (Wildman–Crippen MR) is 91.2 cm³/mol. The van der Waals surface area contributed by atoms with E-state index in [1.165, 1.54) is 0 Å². The maximum atomic E-state index is 12.8. The first-order chi connectivity index (χ1) is 11.4. The highest BCUT2D eigenvalue weighted by molar-refractivity contribution is 5.89. The molecule has 1 unspecified atom stereocenters. The molecule has 2 aliphatic rings. The number of nitrogens with one attached hydrogen (secondary N) is 1. The molecule has 7 heteroatoms. The van der Waals surface area contributed by atoms with E-state index in [2.05, 4.69) is 24.1 Å². The second-order valence-corrected chi connectivity index (χ2v) is 7.22. The van der Waals surface area contributed by atoms with Crippen molar-refractivity contribution in [3.05, 3.63) is 0 Å². The fraction of sp³-hybridized carbons (Fsp3) is 0.824. The lowest BCUT2D eigenvalue weighted by atomic mass is 10.1. The molecule has 0 saturated carbocycles. The summed E-state index contributed by atoms with van der Waals surface area (Å²) < 4.78 is 0. The summed E-state index contributed by atoms with van der Waals surface area (Å²) in [7, 11) is 1.63. The minimum Gasteiger partial charge on any atom is -0.358 e. The van der Waals surface area contributed by atoms with Crippen LogP contribution >= 0.6 is 0 Å². The van der Waals surface area contributed by atoms with Crippen molar-refractivity contribution >= 4 is 17.7 Å². The molecule has 2 fully saturated rings. The van der Waals surface area contributed by atoms with Gasteiger partial charge in [-0.25, -0.2) is 0 Å². The molecule has 2 aliphatic heterocycles. The second-order valence-electron chi connectivity index (χ2n) is 7.22. The molecule has 1 N–H and O–H groups in total. The van der Waals surface area contributed by atoms with Gasteiger partial charge in [0.2, 0.25) is 17.7 Å². The van der Waals surface area contributed by atoms with Crippen LogP contribution < -0.4 is 5.32 Å². The molecular formula is C17H30N4O3. The number of hydrogen-bond acceptors (Lipinski definition) is 4. The highest BCUT2D eigenvalue weighted by Gasteiger charge is 2.36. The molecule has 136 valence electrons. The van der Waals surface area contributed by atoms with Gasteiger partial charge in [-0.15, -0.1) is 0 Å². The summed E-state index contributed by atoms with van der Waals surface area (Å²) in [6, 6.07) is 0. The Kier molecular flexibility index (Phi) is 6.60. The molecule has 2 saturated heterocycles. The number of likely N-dealkylation sites (N-methyl/N-ethyl adjacent to an activating group) is 1. The number of carbonyl (C=O) groups is 3. The smallest absolute Gasteiger partial charge is 0.233 e. The fourth-order valence-electron chi connectivity index (χ4n) is 3.44. The quantitative estimate of drug-likeness (QED) is 0.752. The monoisotopic (exact) mass is 338 g/mol. The third kappa shape index (κ3) is 4.93. The van der Waals surface area contributed by atoms with E-state index in [1.807, 2.05) is 9.80 Å². The summed E-state index contributed by atoms with van der Waals surface area (Å²) in [6.07, 6.45) is 1.20. The second kappa shape index (κ2) is 8.46. The lowest BCUT2D eigenvalue weighted by Gasteiger charge is -2.24. The van der Waals surface area contributed by atoms with Crippen LogP contribution in [0.4, 0.5) is 0 Å². The Labute approximate surface area is 144 Å². The maximum Gasteiger partial charge on any atom is 0.233 e. The van der Waals surface area contributed by atoms with E-state index in [-0.39, 0.29) is 23.6 Å². The van der Waals surface area contributed by atoms with Crippen molar-refractivity contribution in [1.82, 2.24) is 20.0 Å². The van der Waals surface area contributed by atoms with Crippen LogP contribution in [0.15, 0.2) is 0 Å². The average molecular weight is 338 g/mol. The first-order valence-corrected chi connectivity index (χ1v) is 8.90. The number of carbonyl (C=O) groups excluding carboxylic acids is 3. The van der Waals surface area contributed by atoms with Gasteiger partial charge in [-0.05, 0) is 12.3 Å². The molecule has 0 aromatic heterocycles. The van der Waals surface area contributed by atoms with Crippen molar-refractivity contribution in [2.75, 3.05) is 52.9 Å². The summed E-state index contributed by atoms with van der Waals surface area (Å²) in [5, 5.41) is 2.63. The summed E-state index contributed by atoms with van der Waals surface area (Å²) >= 11 is 0. The van der Waals surface area contributed by atoms with E-state index in [1.54, 1.807) is 7.05 Å². The first-order valence-electron chi connectivity index (χ1n) is 8.90. The zero-order chi connectivity index (χ0) is 17.7. The molecular weight excluding hydrogens is 308 g/mol. The van der Waals surface area contributed by atoms with E-state index >= 15 is 0 Å². The van der Waals surface area contributed by atoms with E-state index in [9.17, 15) is 14.4 Å².